The fraction of sp³-hybridized carbons (Fsp3) is 0.278. The van der Waals surface area contributed by atoms with Crippen molar-refractivity contribution in [3.8, 4) is 17.1 Å². The van der Waals surface area contributed by atoms with Gasteiger partial charge in [-0.25, -0.2) is 0 Å². The fourth-order valence-corrected chi connectivity index (χ4v) is 2.79. The van der Waals surface area contributed by atoms with E-state index in [2.05, 4.69) is 38.3 Å². The highest BCUT2D eigenvalue weighted by atomic mass is 79.9. The number of benzene rings is 2. The first-order valence-corrected chi connectivity index (χ1v) is 8.87. The number of halogens is 1. The van der Waals surface area contributed by atoms with Gasteiger partial charge in [0.2, 0.25) is 5.82 Å². The number of aryl methyl sites for hydroxylation is 1. The van der Waals surface area contributed by atoms with E-state index in [4.69, 9.17) is 4.74 Å². The summed E-state index contributed by atoms with van der Waals surface area (Å²) in [5.74, 6) is 1.24. The van der Waals surface area contributed by atoms with Crippen LogP contribution in [0.5, 0.6) is 5.75 Å². The predicted molar refractivity (Wildman–Crippen MR) is 98.3 cm³/mol. The van der Waals surface area contributed by atoms with E-state index in [1.165, 1.54) is 10.4 Å². The van der Waals surface area contributed by atoms with Crippen molar-refractivity contribution in [1.82, 2.24) is 20.2 Å². The number of aromatic nitrogens is 4. The Morgan fingerprint density at radius 2 is 1.92 bits per heavy atom. The van der Waals surface area contributed by atoms with Gasteiger partial charge in [-0.1, -0.05) is 47.1 Å². The molecule has 0 radical (unpaired) electrons. The van der Waals surface area contributed by atoms with Crippen molar-refractivity contribution in [2.24, 2.45) is 0 Å². The molecule has 0 aliphatic carbocycles. The number of aliphatic hydroxyl groups is 1. The number of rotatable bonds is 7. The van der Waals surface area contributed by atoms with Gasteiger partial charge in [-0.2, -0.15) is 4.80 Å². The molecule has 1 aromatic heterocycles. The lowest BCUT2D eigenvalue weighted by molar-refractivity contribution is 0.0850. The van der Waals surface area contributed by atoms with E-state index in [-0.39, 0.29) is 13.2 Å². The van der Waals surface area contributed by atoms with Gasteiger partial charge in [0.1, 0.15) is 18.5 Å². The quantitative estimate of drug-likeness (QED) is 0.657. The lowest BCUT2D eigenvalue weighted by Crippen LogP contribution is -2.25. The third-order valence-corrected chi connectivity index (χ3v) is 4.41. The van der Waals surface area contributed by atoms with E-state index in [1.807, 2.05) is 48.5 Å². The number of hydrogen-bond donors (Lipinski definition) is 1. The fourth-order valence-electron chi connectivity index (χ4n) is 2.33. The van der Waals surface area contributed by atoms with Crippen LogP contribution in [0, 0.1) is 0 Å². The van der Waals surface area contributed by atoms with E-state index in [0.717, 1.165) is 22.2 Å². The summed E-state index contributed by atoms with van der Waals surface area (Å²) in [5, 5.41) is 22.5. The molecule has 1 atom stereocenters. The summed E-state index contributed by atoms with van der Waals surface area (Å²) in [6.45, 7) is 2.48. The minimum atomic E-state index is -0.730. The summed E-state index contributed by atoms with van der Waals surface area (Å²) in [6, 6.07) is 15.5. The zero-order valence-corrected chi connectivity index (χ0v) is 15.4. The summed E-state index contributed by atoms with van der Waals surface area (Å²) < 4.78 is 6.50. The Labute approximate surface area is 154 Å². The van der Waals surface area contributed by atoms with Crippen LogP contribution in [0.4, 0.5) is 0 Å². The molecule has 6 nitrogen and oxygen atoms in total. The molecular weight excluding hydrogens is 384 g/mol. The van der Waals surface area contributed by atoms with Crippen molar-refractivity contribution in [1.29, 1.82) is 0 Å². The first-order valence-electron chi connectivity index (χ1n) is 8.08. The highest BCUT2D eigenvalue weighted by Crippen LogP contribution is 2.24. The topological polar surface area (TPSA) is 73.1 Å². The first kappa shape index (κ1) is 17.6. The SMILES string of the molecule is CCc1ccc(OC[C@@H](O)Cn2nnc(-c3ccccc3Br)n2)cc1. The van der Waals surface area contributed by atoms with Crippen LogP contribution in [0.2, 0.25) is 0 Å². The highest BCUT2D eigenvalue weighted by Gasteiger charge is 2.12. The van der Waals surface area contributed by atoms with Crippen LogP contribution in [0.25, 0.3) is 11.4 Å². The predicted octanol–water partition coefficient (Wildman–Crippen LogP) is 3.10. The Bertz CT molecular complexity index is 820. The highest BCUT2D eigenvalue weighted by molar-refractivity contribution is 9.10. The summed E-state index contributed by atoms with van der Waals surface area (Å²) in [6.07, 6.45) is 0.257. The zero-order valence-electron chi connectivity index (χ0n) is 13.8. The third kappa shape index (κ3) is 4.64. The Morgan fingerprint density at radius 1 is 1.16 bits per heavy atom. The zero-order chi connectivity index (χ0) is 17.6. The standard InChI is InChI=1S/C18H19BrN4O2/c1-2-13-7-9-15(10-8-13)25-12-14(24)11-23-21-18(20-22-23)16-5-3-4-6-17(16)19/h3-10,14,24H,2,11-12H2,1H3/t14-/m0/s1. The second-order valence-electron chi connectivity index (χ2n) is 5.61. The molecular formula is C18H19BrN4O2. The van der Waals surface area contributed by atoms with Crippen molar-refractivity contribution in [2.45, 2.75) is 26.0 Å². The normalized spacial score (nSPS) is 12.1. The smallest absolute Gasteiger partial charge is 0.206 e. The van der Waals surface area contributed by atoms with Gasteiger partial charge in [-0.3, -0.25) is 0 Å². The van der Waals surface area contributed by atoms with Crippen molar-refractivity contribution in [3.63, 3.8) is 0 Å². The molecule has 3 rings (SSSR count). The number of nitrogens with zero attached hydrogens (tertiary/aromatic N) is 4. The molecule has 0 fully saturated rings. The van der Waals surface area contributed by atoms with Gasteiger partial charge >= 0.3 is 0 Å². The van der Waals surface area contributed by atoms with E-state index in [9.17, 15) is 5.11 Å². The molecule has 7 heteroatoms. The van der Waals surface area contributed by atoms with Gasteiger partial charge in [0.05, 0.1) is 6.54 Å². The van der Waals surface area contributed by atoms with Crippen molar-refractivity contribution in [2.75, 3.05) is 6.61 Å². The van der Waals surface area contributed by atoms with Crippen LogP contribution in [0.3, 0.4) is 0 Å². The molecule has 0 unspecified atom stereocenters. The molecule has 3 aromatic rings. The lowest BCUT2D eigenvalue weighted by Gasteiger charge is -2.11. The monoisotopic (exact) mass is 402 g/mol. The van der Waals surface area contributed by atoms with Gasteiger partial charge < -0.3 is 9.84 Å². The van der Waals surface area contributed by atoms with Crippen LogP contribution in [0.1, 0.15) is 12.5 Å². The first-order chi connectivity index (χ1) is 12.2. The van der Waals surface area contributed by atoms with Gasteiger partial charge in [0.25, 0.3) is 0 Å². The molecule has 0 bridgehead atoms. The molecule has 1 N–H and O–H groups in total. The number of hydrogen-bond acceptors (Lipinski definition) is 5. The second kappa shape index (κ2) is 8.22. The van der Waals surface area contributed by atoms with E-state index in [1.54, 1.807) is 0 Å². The molecule has 1 heterocycles. The average molecular weight is 403 g/mol. The van der Waals surface area contributed by atoms with Crippen LogP contribution in [-0.2, 0) is 13.0 Å². The molecule has 0 amide bonds. The molecule has 0 aliphatic rings. The number of ether oxygens (including phenoxy) is 1. The van der Waals surface area contributed by atoms with Gasteiger partial charge in [0, 0.05) is 10.0 Å². The summed E-state index contributed by atoms with van der Waals surface area (Å²) >= 11 is 3.47. The van der Waals surface area contributed by atoms with Crippen molar-refractivity contribution < 1.29 is 9.84 Å². The number of tetrazole rings is 1. The molecule has 0 aliphatic heterocycles. The minimum absolute atomic E-state index is 0.164. The Morgan fingerprint density at radius 3 is 2.64 bits per heavy atom. The van der Waals surface area contributed by atoms with Crippen LogP contribution < -0.4 is 4.74 Å². The van der Waals surface area contributed by atoms with E-state index >= 15 is 0 Å². The van der Waals surface area contributed by atoms with E-state index in [0.29, 0.717) is 5.82 Å². The van der Waals surface area contributed by atoms with Crippen molar-refractivity contribution >= 4 is 15.9 Å². The van der Waals surface area contributed by atoms with Crippen molar-refractivity contribution in [3.05, 3.63) is 58.6 Å². The molecule has 0 saturated carbocycles. The van der Waals surface area contributed by atoms with Crippen LogP contribution in [-0.4, -0.2) is 38.0 Å². The van der Waals surface area contributed by atoms with Crippen LogP contribution >= 0.6 is 15.9 Å². The average Bonchev–Trinajstić information content (AvgIpc) is 3.09. The Balaban J connectivity index is 1.56. The molecule has 25 heavy (non-hydrogen) atoms. The molecule has 0 spiro atoms. The Hall–Kier alpha value is -2.25. The summed E-state index contributed by atoms with van der Waals surface area (Å²) in [4.78, 5) is 1.38. The second-order valence-corrected chi connectivity index (χ2v) is 6.46. The lowest BCUT2D eigenvalue weighted by atomic mass is 10.2. The summed E-state index contributed by atoms with van der Waals surface area (Å²) in [5.41, 5.74) is 2.11. The Kier molecular flexibility index (Phi) is 5.78. The maximum atomic E-state index is 10.1. The maximum absolute atomic E-state index is 10.1. The van der Waals surface area contributed by atoms with Gasteiger partial charge in [-0.05, 0) is 41.5 Å². The molecule has 0 saturated heterocycles. The number of aliphatic hydroxyl groups excluding tert-OH is 1. The largest absolute Gasteiger partial charge is 0.491 e. The molecule has 130 valence electrons. The summed E-state index contributed by atoms with van der Waals surface area (Å²) in [7, 11) is 0. The van der Waals surface area contributed by atoms with Gasteiger partial charge in [0.15, 0.2) is 0 Å². The van der Waals surface area contributed by atoms with Crippen LogP contribution in [0.15, 0.2) is 53.0 Å². The third-order valence-electron chi connectivity index (χ3n) is 3.72. The van der Waals surface area contributed by atoms with E-state index < -0.39 is 6.10 Å². The van der Waals surface area contributed by atoms with Gasteiger partial charge in [-0.15, -0.1) is 10.2 Å². The minimum Gasteiger partial charge on any atom is -0.491 e. The molecule has 2 aromatic carbocycles. The maximum Gasteiger partial charge on any atom is 0.206 e.